The van der Waals surface area contributed by atoms with Crippen LogP contribution in [-0.2, 0) is 32.5 Å². The Bertz CT molecular complexity index is 2210. The number of sulfonamides is 1. The highest BCUT2D eigenvalue weighted by Gasteiger charge is 2.52. The van der Waals surface area contributed by atoms with Gasteiger partial charge in [-0.1, -0.05) is 43.3 Å². The molecule has 4 aromatic rings. The maximum absolute atomic E-state index is 14.6. The van der Waals surface area contributed by atoms with Crippen molar-refractivity contribution in [3.63, 3.8) is 0 Å². The zero-order valence-corrected chi connectivity index (χ0v) is 34.8. The van der Waals surface area contributed by atoms with E-state index in [1.807, 2.05) is 26.0 Å². The predicted octanol–water partition coefficient (Wildman–Crippen LogP) is 7.94. The Morgan fingerprint density at radius 1 is 1.00 bits per heavy atom. The second-order valence-electron chi connectivity index (χ2n) is 16.0. The summed E-state index contributed by atoms with van der Waals surface area (Å²) in [6.07, 6.45) is -1.04. The summed E-state index contributed by atoms with van der Waals surface area (Å²) in [6.45, 7) is 12.9. The number of ether oxygens (including phenoxy) is 4. The van der Waals surface area contributed by atoms with Crippen LogP contribution in [0.3, 0.4) is 0 Å². The van der Waals surface area contributed by atoms with E-state index in [1.54, 1.807) is 75.9 Å². The summed E-state index contributed by atoms with van der Waals surface area (Å²) in [4.78, 5) is 15.5. The van der Waals surface area contributed by atoms with Gasteiger partial charge in [0.15, 0.2) is 5.84 Å². The van der Waals surface area contributed by atoms with Gasteiger partial charge in [-0.15, -0.1) is 0 Å². The second-order valence-corrected chi connectivity index (χ2v) is 18.0. The van der Waals surface area contributed by atoms with E-state index in [9.17, 15) is 27.2 Å². The lowest BCUT2D eigenvalue weighted by Gasteiger charge is -2.35. The molecule has 3 N–H and O–H groups in total. The van der Waals surface area contributed by atoms with Crippen LogP contribution in [0.4, 0.5) is 13.6 Å². The molecule has 1 fully saturated rings. The Balaban J connectivity index is 1.40. The van der Waals surface area contributed by atoms with Crippen molar-refractivity contribution in [2.45, 2.75) is 89.9 Å². The van der Waals surface area contributed by atoms with Crippen LogP contribution in [-0.4, -0.2) is 78.4 Å². The van der Waals surface area contributed by atoms with Gasteiger partial charge in [-0.2, -0.15) is 4.31 Å². The highest BCUT2D eigenvalue weighted by atomic mass is 32.2. The quantitative estimate of drug-likeness (QED) is 0.0559. The summed E-state index contributed by atoms with van der Waals surface area (Å²) in [5.41, 5.74) is 6.24. The van der Waals surface area contributed by atoms with Crippen molar-refractivity contribution >= 4 is 22.0 Å². The van der Waals surface area contributed by atoms with Crippen LogP contribution in [0.15, 0.2) is 95.0 Å². The number of carbonyl (C=O) groups excluding carboxylic acids is 1. The number of hydrogen-bond donors (Lipinski definition) is 2. The normalized spacial score (nSPS) is 17.2. The molecule has 0 unspecified atom stereocenters. The van der Waals surface area contributed by atoms with Gasteiger partial charge in [0.25, 0.3) is 0 Å². The monoisotopic (exact) mass is 822 g/mol. The third-order valence-electron chi connectivity index (χ3n) is 9.52. The first-order valence-corrected chi connectivity index (χ1v) is 20.3. The summed E-state index contributed by atoms with van der Waals surface area (Å²) in [7, 11) is -2.48. The molecule has 1 saturated heterocycles. The summed E-state index contributed by atoms with van der Waals surface area (Å²) in [5.74, 6) is -0.684. The van der Waals surface area contributed by atoms with Crippen LogP contribution < -0.4 is 15.2 Å². The van der Waals surface area contributed by atoms with Gasteiger partial charge in [0.2, 0.25) is 10.0 Å². The number of nitrogens with two attached hydrogens (primary N) is 1. The molecular formula is C43H52F2N4O8S. The first kappa shape index (κ1) is 43.9. The number of carbonyl (C=O) groups is 1. The Kier molecular flexibility index (Phi) is 13.4. The fourth-order valence-electron chi connectivity index (χ4n) is 6.91. The summed E-state index contributed by atoms with van der Waals surface area (Å²) < 4.78 is 81.5. The fraction of sp³-hybridized carbons (Fsp3) is 0.395. The molecule has 1 aliphatic rings. The molecule has 0 spiro atoms. The molecule has 312 valence electrons. The molecule has 0 bridgehead atoms. The van der Waals surface area contributed by atoms with Gasteiger partial charge in [-0.3, -0.25) is 4.90 Å². The number of methoxy groups -OCH3 is 1. The molecule has 0 aromatic heterocycles. The number of hydrogen-bond acceptors (Lipinski definition) is 9. The minimum absolute atomic E-state index is 0.00455. The number of nitrogens with zero attached hydrogens (tertiary/aromatic N) is 3. The van der Waals surface area contributed by atoms with E-state index in [1.165, 1.54) is 35.7 Å². The van der Waals surface area contributed by atoms with Crippen molar-refractivity contribution in [3.05, 3.63) is 113 Å². The van der Waals surface area contributed by atoms with Crippen LogP contribution in [0, 0.1) is 17.6 Å². The van der Waals surface area contributed by atoms with Crippen LogP contribution >= 0.6 is 0 Å². The maximum atomic E-state index is 14.6. The number of halogens is 2. The van der Waals surface area contributed by atoms with E-state index in [0.29, 0.717) is 34.6 Å². The average Bonchev–Trinajstić information content (AvgIpc) is 3.41. The Hall–Kier alpha value is -5.25. The lowest BCUT2D eigenvalue weighted by Crippen LogP contribution is -2.52. The van der Waals surface area contributed by atoms with Crippen LogP contribution in [0.5, 0.6) is 11.5 Å². The number of benzene rings is 4. The number of oxime groups is 1. The zero-order valence-electron chi connectivity index (χ0n) is 34.0. The molecule has 0 radical (unpaired) electrons. The molecule has 0 saturated carbocycles. The SMILES string of the molecule is COc1ccc(S(=O)(=O)N(CC(C)C)C[C@H]2OC(C)(C)N(C(=O)OC(C)(C)C)[C@H]2Cc2ccc(OCc3ccc(-c4ccc(F)cc4F)cc3/C(N)=N/O)cc2)cc1. The van der Waals surface area contributed by atoms with Crippen molar-refractivity contribution in [1.82, 2.24) is 9.21 Å². The fourth-order valence-corrected chi connectivity index (χ4v) is 8.52. The van der Waals surface area contributed by atoms with Crippen LogP contribution in [0.25, 0.3) is 11.1 Å². The van der Waals surface area contributed by atoms with Crippen molar-refractivity contribution in [3.8, 4) is 22.6 Å². The Labute approximate surface area is 339 Å². The lowest BCUT2D eigenvalue weighted by atomic mass is 9.98. The smallest absolute Gasteiger partial charge is 0.412 e. The third-order valence-corrected chi connectivity index (χ3v) is 11.4. The largest absolute Gasteiger partial charge is 0.497 e. The van der Waals surface area contributed by atoms with Gasteiger partial charge in [-0.25, -0.2) is 22.0 Å². The van der Waals surface area contributed by atoms with Gasteiger partial charge < -0.3 is 29.9 Å². The van der Waals surface area contributed by atoms with E-state index >= 15 is 0 Å². The van der Waals surface area contributed by atoms with Crippen LogP contribution in [0.1, 0.15) is 65.2 Å². The predicted molar refractivity (Wildman–Crippen MR) is 216 cm³/mol. The number of rotatable bonds is 14. The molecule has 1 aliphatic heterocycles. The molecule has 1 heterocycles. The molecule has 4 aromatic carbocycles. The zero-order chi connectivity index (χ0) is 42.6. The van der Waals surface area contributed by atoms with E-state index in [-0.39, 0.29) is 41.9 Å². The maximum Gasteiger partial charge on any atom is 0.412 e. The Morgan fingerprint density at radius 3 is 2.24 bits per heavy atom. The summed E-state index contributed by atoms with van der Waals surface area (Å²) >= 11 is 0. The van der Waals surface area contributed by atoms with Gasteiger partial charge in [0.1, 0.15) is 41.1 Å². The number of amidine groups is 1. The molecular weight excluding hydrogens is 771 g/mol. The average molecular weight is 823 g/mol. The van der Waals surface area contributed by atoms with E-state index in [2.05, 4.69) is 5.16 Å². The molecule has 2 atom stereocenters. The van der Waals surface area contributed by atoms with Gasteiger partial charge in [0, 0.05) is 35.8 Å². The molecule has 0 aliphatic carbocycles. The minimum atomic E-state index is -3.99. The highest BCUT2D eigenvalue weighted by Crippen LogP contribution is 2.37. The molecule has 1 amide bonds. The van der Waals surface area contributed by atoms with Gasteiger partial charge in [-0.05, 0) is 113 Å². The first-order valence-electron chi connectivity index (χ1n) is 18.8. The topological polar surface area (TPSA) is 153 Å². The molecule has 12 nitrogen and oxygen atoms in total. The second kappa shape index (κ2) is 17.7. The van der Waals surface area contributed by atoms with Crippen molar-refractivity contribution in [1.29, 1.82) is 0 Å². The van der Waals surface area contributed by atoms with Crippen molar-refractivity contribution < 1.29 is 46.1 Å². The third kappa shape index (κ3) is 10.4. The van der Waals surface area contributed by atoms with Gasteiger partial charge in [0.05, 0.1) is 24.2 Å². The summed E-state index contributed by atoms with van der Waals surface area (Å²) in [6, 6.07) is 20.9. The molecule has 5 rings (SSSR count). The van der Waals surface area contributed by atoms with E-state index in [4.69, 9.17) is 24.7 Å². The molecule has 15 heteroatoms. The first-order chi connectivity index (χ1) is 27.2. The standard InChI is InChI=1S/C43H52F2N4O8S/c1-27(2)24-48(58(52,53)34-18-16-32(54-8)17-19-34)25-39-38(49(43(6,7)56-39)41(50)57-42(3,4)5)21-28-9-14-33(15-10-28)55-26-30-12-11-29(22-36(30)40(46)47-51)35-20-13-31(44)23-37(35)45/h9-20,22-23,27,38-39,51H,21,24-26H2,1-8H3,(H2,46,47)/t38-,39+/m0/s1. The molecule has 58 heavy (non-hydrogen) atoms. The van der Waals surface area contributed by atoms with Crippen LogP contribution in [0.2, 0.25) is 0 Å². The minimum Gasteiger partial charge on any atom is -0.497 e. The van der Waals surface area contributed by atoms with E-state index in [0.717, 1.165) is 17.7 Å². The number of amides is 1. The van der Waals surface area contributed by atoms with Gasteiger partial charge >= 0.3 is 6.09 Å². The Morgan fingerprint density at radius 2 is 1.66 bits per heavy atom. The van der Waals surface area contributed by atoms with Crippen molar-refractivity contribution in [2.75, 3.05) is 20.2 Å². The van der Waals surface area contributed by atoms with Crippen molar-refractivity contribution in [2.24, 2.45) is 16.8 Å². The highest BCUT2D eigenvalue weighted by molar-refractivity contribution is 7.89. The lowest BCUT2D eigenvalue weighted by molar-refractivity contribution is -0.0807. The summed E-state index contributed by atoms with van der Waals surface area (Å²) in [5, 5.41) is 12.6. The van der Waals surface area contributed by atoms with E-state index < -0.39 is 51.2 Å².